The van der Waals surface area contributed by atoms with Crippen LogP contribution in [0.1, 0.15) is 55.7 Å². The Bertz CT molecular complexity index is 871. The maximum Gasteiger partial charge on any atom is 0.261 e. The maximum absolute atomic E-state index is 13.2. The van der Waals surface area contributed by atoms with E-state index in [-0.39, 0.29) is 24.5 Å². The number of amides is 2. The molecule has 0 aromatic heterocycles. The van der Waals surface area contributed by atoms with Gasteiger partial charge in [-0.25, -0.2) is 0 Å². The number of nitrogens with zero attached hydrogens (tertiary/aromatic N) is 1. The summed E-state index contributed by atoms with van der Waals surface area (Å²) < 4.78 is 5.82. The van der Waals surface area contributed by atoms with Gasteiger partial charge in [0, 0.05) is 12.6 Å². The van der Waals surface area contributed by atoms with Gasteiger partial charge in [0.1, 0.15) is 11.8 Å². The van der Waals surface area contributed by atoms with Crippen LogP contribution in [0.2, 0.25) is 0 Å². The third-order valence-corrected chi connectivity index (χ3v) is 6.16. The van der Waals surface area contributed by atoms with Crippen LogP contribution in [-0.4, -0.2) is 41.9 Å². The van der Waals surface area contributed by atoms with E-state index in [4.69, 9.17) is 4.74 Å². The largest absolute Gasteiger partial charge is 0.484 e. The van der Waals surface area contributed by atoms with Crippen LogP contribution in [0.15, 0.2) is 48.5 Å². The Labute approximate surface area is 192 Å². The van der Waals surface area contributed by atoms with Crippen LogP contribution in [0, 0.1) is 13.8 Å². The smallest absolute Gasteiger partial charge is 0.261 e. The van der Waals surface area contributed by atoms with Crippen LogP contribution in [0.25, 0.3) is 0 Å². The molecule has 0 radical (unpaired) electrons. The SMILES string of the molecule is Cc1cc(C)cc(OCC(=O)N(CCc2ccccc2)[C@H](C)C(=O)NC2CCCCC2)c1. The summed E-state index contributed by atoms with van der Waals surface area (Å²) in [5.41, 5.74) is 3.32. The summed E-state index contributed by atoms with van der Waals surface area (Å²) in [5, 5.41) is 3.17. The molecule has 32 heavy (non-hydrogen) atoms. The quantitative estimate of drug-likeness (QED) is 0.625. The molecule has 2 amide bonds. The Morgan fingerprint density at radius 3 is 2.34 bits per heavy atom. The number of carbonyl (C=O) groups is 2. The predicted molar refractivity (Wildman–Crippen MR) is 128 cm³/mol. The first kappa shape index (κ1) is 23.8. The van der Waals surface area contributed by atoms with Gasteiger partial charge in [-0.3, -0.25) is 9.59 Å². The summed E-state index contributed by atoms with van der Waals surface area (Å²) in [7, 11) is 0. The monoisotopic (exact) mass is 436 g/mol. The fraction of sp³-hybridized carbons (Fsp3) is 0.481. The van der Waals surface area contributed by atoms with E-state index in [1.165, 1.54) is 6.42 Å². The predicted octanol–water partition coefficient (Wildman–Crippen LogP) is 4.59. The summed E-state index contributed by atoms with van der Waals surface area (Å²) in [4.78, 5) is 27.8. The van der Waals surface area contributed by atoms with Crippen molar-refractivity contribution in [3.8, 4) is 5.75 Å². The summed E-state index contributed by atoms with van der Waals surface area (Å²) in [6.45, 7) is 6.21. The summed E-state index contributed by atoms with van der Waals surface area (Å²) in [6, 6.07) is 15.6. The highest BCUT2D eigenvalue weighted by molar-refractivity contribution is 5.88. The zero-order valence-corrected chi connectivity index (χ0v) is 19.6. The number of hydrogen-bond acceptors (Lipinski definition) is 3. The Morgan fingerprint density at radius 1 is 1.03 bits per heavy atom. The van der Waals surface area contributed by atoms with Crippen molar-refractivity contribution in [2.45, 2.75) is 71.4 Å². The van der Waals surface area contributed by atoms with Crippen molar-refractivity contribution < 1.29 is 14.3 Å². The number of hydrogen-bond donors (Lipinski definition) is 1. The Balaban J connectivity index is 1.66. The highest BCUT2D eigenvalue weighted by Gasteiger charge is 2.28. The average molecular weight is 437 g/mol. The number of ether oxygens (including phenoxy) is 1. The highest BCUT2D eigenvalue weighted by atomic mass is 16.5. The van der Waals surface area contributed by atoms with Crippen LogP contribution in [-0.2, 0) is 16.0 Å². The van der Waals surface area contributed by atoms with Crippen molar-refractivity contribution in [2.75, 3.05) is 13.2 Å². The van der Waals surface area contributed by atoms with Crippen LogP contribution < -0.4 is 10.1 Å². The minimum absolute atomic E-state index is 0.0790. The van der Waals surface area contributed by atoms with Gasteiger partial charge in [0.2, 0.25) is 5.91 Å². The van der Waals surface area contributed by atoms with Gasteiger partial charge in [0.25, 0.3) is 5.91 Å². The molecule has 0 heterocycles. The standard InChI is InChI=1S/C27H36N2O3/c1-20-16-21(2)18-25(17-20)32-19-26(30)29(15-14-23-10-6-4-7-11-23)22(3)27(31)28-24-12-8-5-9-13-24/h4,6-7,10-11,16-18,22,24H,5,8-9,12-15,19H2,1-3H3,(H,28,31)/t22-/m1/s1. The molecule has 1 N–H and O–H groups in total. The Morgan fingerprint density at radius 2 is 1.69 bits per heavy atom. The van der Waals surface area contributed by atoms with Gasteiger partial charge in [0.15, 0.2) is 6.61 Å². The first-order valence-electron chi connectivity index (χ1n) is 11.8. The van der Waals surface area contributed by atoms with Crippen LogP contribution >= 0.6 is 0 Å². The van der Waals surface area contributed by atoms with Gasteiger partial charge in [-0.1, -0.05) is 55.7 Å². The molecule has 5 heteroatoms. The molecule has 0 spiro atoms. The molecule has 0 bridgehead atoms. The first-order chi connectivity index (χ1) is 15.4. The van der Waals surface area contributed by atoms with Gasteiger partial charge in [-0.05, 0) is 68.9 Å². The number of rotatable bonds is 9. The molecular weight excluding hydrogens is 400 g/mol. The molecule has 2 aromatic rings. The molecule has 5 nitrogen and oxygen atoms in total. The molecule has 1 saturated carbocycles. The minimum Gasteiger partial charge on any atom is -0.484 e. The van der Waals surface area contributed by atoms with Gasteiger partial charge in [0.05, 0.1) is 0 Å². The van der Waals surface area contributed by atoms with Crippen molar-refractivity contribution in [2.24, 2.45) is 0 Å². The van der Waals surface area contributed by atoms with Crippen molar-refractivity contribution in [1.29, 1.82) is 0 Å². The molecule has 172 valence electrons. The molecule has 1 atom stereocenters. The van der Waals surface area contributed by atoms with Crippen LogP contribution in [0.5, 0.6) is 5.75 Å². The lowest BCUT2D eigenvalue weighted by atomic mass is 9.95. The molecule has 0 unspecified atom stereocenters. The number of benzene rings is 2. The average Bonchev–Trinajstić information content (AvgIpc) is 2.78. The molecular formula is C27H36N2O3. The second-order valence-corrected chi connectivity index (χ2v) is 8.95. The molecule has 1 fully saturated rings. The van der Waals surface area contributed by atoms with Crippen molar-refractivity contribution in [3.63, 3.8) is 0 Å². The van der Waals surface area contributed by atoms with E-state index in [1.54, 1.807) is 4.90 Å². The fourth-order valence-corrected chi connectivity index (χ4v) is 4.38. The maximum atomic E-state index is 13.2. The lowest BCUT2D eigenvalue weighted by Gasteiger charge is -2.31. The zero-order chi connectivity index (χ0) is 22.9. The van der Waals surface area contributed by atoms with Gasteiger partial charge in [-0.2, -0.15) is 0 Å². The molecule has 1 aliphatic rings. The van der Waals surface area contributed by atoms with Gasteiger partial charge < -0.3 is 15.0 Å². The van der Waals surface area contributed by atoms with E-state index < -0.39 is 6.04 Å². The second kappa shape index (κ2) is 11.7. The normalized spacial score (nSPS) is 15.1. The van der Waals surface area contributed by atoms with E-state index in [1.807, 2.05) is 63.2 Å². The van der Waals surface area contributed by atoms with E-state index in [2.05, 4.69) is 11.4 Å². The lowest BCUT2D eigenvalue weighted by molar-refractivity contribution is -0.141. The van der Waals surface area contributed by atoms with Gasteiger partial charge >= 0.3 is 0 Å². The van der Waals surface area contributed by atoms with E-state index in [0.717, 1.165) is 42.4 Å². The molecule has 0 aliphatic heterocycles. The molecule has 2 aromatic carbocycles. The number of nitrogens with one attached hydrogen (secondary N) is 1. The first-order valence-corrected chi connectivity index (χ1v) is 11.8. The van der Waals surface area contributed by atoms with Crippen LogP contribution in [0.3, 0.4) is 0 Å². The van der Waals surface area contributed by atoms with Crippen LogP contribution in [0.4, 0.5) is 0 Å². The van der Waals surface area contributed by atoms with Crippen molar-refractivity contribution >= 4 is 11.8 Å². The van der Waals surface area contributed by atoms with E-state index in [0.29, 0.717) is 18.7 Å². The third kappa shape index (κ3) is 7.11. The van der Waals surface area contributed by atoms with E-state index in [9.17, 15) is 9.59 Å². The lowest BCUT2D eigenvalue weighted by Crippen LogP contribution is -2.52. The number of carbonyl (C=O) groups excluding carboxylic acids is 2. The summed E-state index contributed by atoms with van der Waals surface area (Å²) in [5.74, 6) is 0.425. The summed E-state index contributed by atoms with van der Waals surface area (Å²) >= 11 is 0. The van der Waals surface area contributed by atoms with E-state index >= 15 is 0 Å². The zero-order valence-electron chi connectivity index (χ0n) is 19.6. The fourth-order valence-electron chi connectivity index (χ4n) is 4.38. The third-order valence-electron chi connectivity index (χ3n) is 6.16. The second-order valence-electron chi connectivity index (χ2n) is 8.95. The van der Waals surface area contributed by atoms with Gasteiger partial charge in [-0.15, -0.1) is 0 Å². The Kier molecular flexibility index (Phi) is 8.72. The van der Waals surface area contributed by atoms with Crippen molar-refractivity contribution in [3.05, 3.63) is 65.2 Å². The molecule has 3 rings (SSSR count). The minimum atomic E-state index is -0.545. The Hall–Kier alpha value is -2.82. The number of aryl methyl sites for hydroxylation is 2. The molecule has 1 aliphatic carbocycles. The summed E-state index contributed by atoms with van der Waals surface area (Å²) in [6.07, 6.45) is 6.27. The topological polar surface area (TPSA) is 58.6 Å². The highest BCUT2D eigenvalue weighted by Crippen LogP contribution is 2.19. The molecule has 0 saturated heterocycles. The van der Waals surface area contributed by atoms with Crippen molar-refractivity contribution in [1.82, 2.24) is 10.2 Å².